The van der Waals surface area contributed by atoms with Crippen LogP contribution in [-0.2, 0) is 27.7 Å². The monoisotopic (exact) mass is 495 g/mol. The molecule has 3 rings (SSSR count). The largest absolute Gasteiger partial charge is 0.480 e. The molecule has 0 aliphatic heterocycles. The third kappa shape index (κ3) is 5.99. The molecule has 3 aromatic rings. The van der Waals surface area contributed by atoms with Gasteiger partial charge in [0.1, 0.15) is 6.54 Å². The fraction of sp³-hybridized carbons (Fsp3) is 0.130. The van der Waals surface area contributed by atoms with E-state index < -0.39 is 22.5 Å². The number of aromatic nitrogens is 2. The number of hydrogen-bond acceptors (Lipinski definition) is 7. The molecule has 0 unspecified atom stereocenters. The van der Waals surface area contributed by atoms with Crippen LogP contribution in [0.2, 0.25) is 0 Å². The number of benzene rings is 2. The zero-order valence-corrected chi connectivity index (χ0v) is 19.6. The van der Waals surface area contributed by atoms with Crippen molar-refractivity contribution in [2.45, 2.75) is 17.7 Å². The van der Waals surface area contributed by atoms with Crippen molar-refractivity contribution in [2.75, 3.05) is 6.54 Å². The topological polar surface area (TPSA) is 151 Å². The molecule has 34 heavy (non-hydrogen) atoms. The maximum absolute atomic E-state index is 11.6. The first-order valence-corrected chi connectivity index (χ1v) is 12.4. The van der Waals surface area contributed by atoms with E-state index in [9.17, 15) is 18.5 Å². The summed E-state index contributed by atoms with van der Waals surface area (Å²) < 4.78 is 24.7. The predicted octanol–water partition coefficient (Wildman–Crippen LogP) is 3.02. The molecule has 0 amide bonds. The van der Waals surface area contributed by atoms with Gasteiger partial charge in [-0.1, -0.05) is 60.8 Å². The van der Waals surface area contributed by atoms with Gasteiger partial charge in [0.05, 0.1) is 28.8 Å². The van der Waals surface area contributed by atoms with E-state index in [-0.39, 0.29) is 16.5 Å². The third-order valence-electron chi connectivity index (χ3n) is 4.74. The third-order valence-corrected chi connectivity index (χ3v) is 6.34. The van der Waals surface area contributed by atoms with Crippen LogP contribution in [0.25, 0.3) is 11.3 Å². The van der Waals surface area contributed by atoms with Gasteiger partial charge in [0.25, 0.3) is 0 Å². The fourth-order valence-electron chi connectivity index (χ4n) is 3.28. The van der Waals surface area contributed by atoms with Gasteiger partial charge in [-0.15, -0.1) is 0 Å². The number of nitriles is 1. The van der Waals surface area contributed by atoms with Crippen molar-refractivity contribution in [3.63, 3.8) is 0 Å². The van der Waals surface area contributed by atoms with E-state index in [2.05, 4.69) is 17.6 Å². The van der Waals surface area contributed by atoms with E-state index in [1.165, 1.54) is 22.2 Å². The van der Waals surface area contributed by atoms with Gasteiger partial charge >= 0.3 is 5.97 Å². The lowest BCUT2D eigenvalue weighted by molar-refractivity contribution is -0.135. The van der Waals surface area contributed by atoms with Crippen LogP contribution in [0.1, 0.15) is 16.8 Å². The van der Waals surface area contributed by atoms with Crippen molar-refractivity contribution < 1.29 is 18.3 Å². The summed E-state index contributed by atoms with van der Waals surface area (Å²) in [6.45, 7) is 3.22. The Labute approximate surface area is 201 Å². The summed E-state index contributed by atoms with van der Waals surface area (Å²) in [5, 5.41) is 30.3. The first-order chi connectivity index (χ1) is 16.2. The van der Waals surface area contributed by atoms with Crippen LogP contribution >= 0.6 is 11.8 Å². The van der Waals surface area contributed by atoms with E-state index in [0.29, 0.717) is 17.8 Å². The van der Waals surface area contributed by atoms with Crippen LogP contribution in [0.15, 0.2) is 76.5 Å². The molecule has 0 aliphatic carbocycles. The molecular weight excluding hydrogens is 474 g/mol. The number of nitrogens with two attached hydrogens (primary N) is 1. The second-order valence-corrected chi connectivity index (χ2v) is 9.52. The van der Waals surface area contributed by atoms with E-state index in [4.69, 9.17) is 15.3 Å². The number of hydrogen-bond donors (Lipinski definition) is 2. The number of carbonyl (C=O) groups is 1. The molecule has 0 bridgehead atoms. The lowest BCUT2D eigenvalue weighted by atomic mass is 9.98. The number of carboxylic acids is 1. The molecule has 0 spiro atoms. The molecule has 0 aliphatic rings. The van der Waals surface area contributed by atoms with Crippen molar-refractivity contribution in [1.29, 1.82) is 5.26 Å². The van der Waals surface area contributed by atoms with Gasteiger partial charge < -0.3 is 5.11 Å². The van der Waals surface area contributed by atoms with Gasteiger partial charge in [0.2, 0.25) is 10.0 Å². The minimum Gasteiger partial charge on any atom is -0.480 e. The highest BCUT2D eigenvalue weighted by molar-refractivity contribution is 8.16. The van der Waals surface area contributed by atoms with E-state index >= 15 is 0 Å². The number of primary sulfonamides is 1. The average Bonchev–Trinajstić information content (AvgIpc) is 3.15. The van der Waals surface area contributed by atoms with Crippen LogP contribution in [0.4, 0.5) is 0 Å². The lowest BCUT2D eigenvalue weighted by Crippen LogP contribution is -2.15. The molecule has 0 saturated heterocycles. The van der Waals surface area contributed by atoms with Gasteiger partial charge in [0, 0.05) is 17.5 Å². The molecule has 0 saturated carbocycles. The van der Waals surface area contributed by atoms with Crippen molar-refractivity contribution >= 4 is 32.9 Å². The number of sulfonamides is 1. The molecule has 11 heteroatoms. The first kappa shape index (κ1) is 24.9. The number of rotatable bonds is 8. The second-order valence-electron chi connectivity index (χ2n) is 7.03. The fourth-order valence-corrected chi connectivity index (χ4v) is 4.33. The Kier molecular flexibility index (Phi) is 8.01. The van der Waals surface area contributed by atoms with Gasteiger partial charge in [-0.2, -0.15) is 10.4 Å². The van der Waals surface area contributed by atoms with Crippen molar-refractivity contribution in [1.82, 2.24) is 9.78 Å². The van der Waals surface area contributed by atoms with Gasteiger partial charge in [-0.25, -0.2) is 23.2 Å². The predicted molar refractivity (Wildman–Crippen MR) is 131 cm³/mol. The second kappa shape index (κ2) is 10.9. The Morgan fingerprint density at radius 1 is 1.24 bits per heavy atom. The maximum atomic E-state index is 11.6. The Hall–Kier alpha value is -3.72. The highest BCUT2D eigenvalue weighted by Crippen LogP contribution is 2.30. The first-order valence-electron chi connectivity index (χ1n) is 9.93. The summed E-state index contributed by atoms with van der Waals surface area (Å²) in [4.78, 5) is 15.2. The number of aliphatic imine (C=N–C) groups is 1. The highest BCUT2D eigenvalue weighted by Gasteiger charge is 2.22. The minimum atomic E-state index is -3.82. The summed E-state index contributed by atoms with van der Waals surface area (Å²) in [7, 11) is -3.82. The molecule has 3 N–H and O–H groups in total. The van der Waals surface area contributed by atoms with Gasteiger partial charge in [-0.05, 0) is 23.1 Å². The Bertz CT molecular complexity index is 1370. The van der Waals surface area contributed by atoms with Gasteiger partial charge in [-0.3, -0.25) is 4.79 Å². The summed E-state index contributed by atoms with van der Waals surface area (Å²) in [6.07, 6.45) is 0.339. The Morgan fingerprint density at radius 3 is 2.47 bits per heavy atom. The molecular formula is C23H21N5O4S2. The van der Waals surface area contributed by atoms with Crippen LogP contribution in [0, 0.1) is 11.3 Å². The molecule has 1 aromatic heterocycles. The number of nitrogens with zero attached hydrogens (tertiary/aromatic N) is 4. The van der Waals surface area contributed by atoms with Crippen LogP contribution in [0.5, 0.6) is 0 Å². The van der Waals surface area contributed by atoms with E-state index in [0.717, 1.165) is 28.5 Å². The number of thioether (sulfide) groups is 1. The summed E-state index contributed by atoms with van der Waals surface area (Å²) in [5.74, 6) is -1.10. The molecule has 0 atom stereocenters. The maximum Gasteiger partial charge on any atom is 0.325 e. The van der Waals surface area contributed by atoms with Crippen molar-refractivity contribution in [2.24, 2.45) is 10.1 Å². The summed E-state index contributed by atoms with van der Waals surface area (Å²) in [6, 6.07) is 17.7. The molecule has 174 valence electrons. The number of aliphatic carboxylic acids is 1. The molecule has 0 fully saturated rings. The number of carboxylic acid groups (broad SMARTS) is 1. The summed E-state index contributed by atoms with van der Waals surface area (Å²) in [5.41, 5.74) is 3.48. The average molecular weight is 496 g/mol. The molecule has 2 aromatic carbocycles. The lowest BCUT2D eigenvalue weighted by Gasteiger charge is -2.09. The Morgan fingerprint density at radius 2 is 1.91 bits per heavy atom. The zero-order valence-electron chi connectivity index (χ0n) is 18.0. The van der Waals surface area contributed by atoms with Crippen LogP contribution < -0.4 is 5.14 Å². The molecule has 9 nitrogen and oxygen atoms in total. The standard InChI is InChI=1S/C23H21N5O4S2/c1-2-33-23(26-15-21(29)30)28-20(12-13-24)19(22(27-28)17-6-4-3-5-7-17)14-16-8-10-18(11-9-16)34(25,31)32/h2-11H,1,12,14-15H2,(H,29,30)(H2,25,31,32)/b26-23-. The van der Waals surface area contributed by atoms with Crippen molar-refractivity contribution in [3.05, 3.63) is 83.4 Å². The van der Waals surface area contributed by atoms with E-state index in [1.807, 2.05) is 30.3 Å². The molecule has 0 radical (unpaired) electrons. The van der Waals surface area contributed by atoms with Crippen LogP contribution in [0.3, 0.4) is 0 Å². The Balaban J connectivity index is 2.19. The van der Waals surface area contributed by atoms with Crippen molar-refractivity contribution in [3.8, 4) is 17.3 Å². The zero-order chi connectivity index (χ0) is 24.7. The summed E-state index contributed by atoms with van der Waals surface area (Å²) >= 11 is 1.10. The molecule has 1 heterocycles. The smallest absolute Gasteiger partial charge is 0.325 e. The normalized spacial score (nSPS) is 11.7. The SMILES string of the molecule is C=CS/C(=N\CC(=O)O)n1nc(-c2ccccc2)c(Cc2ccc(S(N)(=O)=O)cc2)c1CC#N. The quantitative estimate of drug-likeness (QED) is 0.360. The van der Waals surface area contributed by atoms with Gasteiger partial charge in [0.15, 0.2) is 5.17 Å². The van der Waals surface area contributed by atoms with Crippen LogP contribution in [-0.4, -0.2) is 41.0 Å². The highest BCUT2D eigenvalue weighted by atomic mass is 32.2. The van der Waals surface area contributed by atoms with E-state index in [1.54, 1.807) is 12.1 Å². The minimum absolute atomic E-state index is 0.00190.